The predicted octanol–water partition coefficient (Wildman–Crippen LogP) is 4.87. The van der Waals surface area contributed by atoms with E-state index in [1.807, 2.05) is 45.0 Å². The summed E-state index contributed by atoms with van der Waals surface area (Å²) in [6.45, 7) is 6.27. The summed E-state index contributed by atoms with van der Waals surface area (Å²) in [5.41, 5.74) is 4.48. The quantitative estimate of drug-likeness (QED) is 0.641. The molecule has 4 nitrogen and oxygen atoms in total. The molecule has 0 saturated carbocycles. The second-order valence-electron chi connectivity index (χ2n) is 5.47. The van der Waals surface area contributed by atoms with Crippen LogP contribution < -0.4 is 9.80 Å². The van der Waals surface area contributed by atoms with Crippen LogP contribution in [-0.4, -0.2) is 16.7 Å². The second kappa shape index (κ2) is 7.53. The Kier molecular flexibility index (Phi) is 5.69. The summed E-state index contributed by atoms with van der Waals surface area (Å²) in [6, 6.07) is 11.5. The third-order valence-corrected chi connectivity index (χ3v) is 4.05. The van der Waals surface area contributed by atoms with Gasteiger partial charge in [-0.25, -0.2) is 0 Å². The van der Waals surface area contributed by atoms with Crippen molar-refractivity contribution in [1.29, 1.82) is 0 Å². The number of nitrogens with zero attached hydrogens (tertiary/aromatic N) is 1. The number of hydrogen-bond donors (Lipinski definition) is 1. The highest BCUT2D eigenvalue weighted by molar-refractivity contribution is 8.13. The number of hydroxylamine groups is 1. The molecular formula is C18H21NO3S. The first-order chi connectivity index (χ1) is 10.9. The zero-order chi connectivity index (χ0) is 17.0. The van der Waals surface area contributed by atoms with E-state index in [1.165, 1.54) is 5.56 Å². The molecule has 0 atom stereocenters. The largest absolute Gasteiger partial charge is 0.489 e. The SMILES string of the molecule is CSC(=O)N(O)c1ccc(C)cc1COc1ccc(C)cc1C. The molecule has 0 saturated heterocycles. The smallest absolute Gasteiger partial charge is 0.309 e. The maximum Gasteiger partial charge on any atom is 0.309 e. The van der Waals surface area contributed by atoms with E-state index in [0.29, 0.717) is 10.8 Å². The van der Waals surface area contributed by atoms with E-state index in [9.17, 15) is 10.0 Å². The van der Waals surface area contributed by atoms with Crippen LogP contribution in [0.15, 0.2) is 36.4 Å². The van der Waals surface area contributed by atoms with Crippen LogP contribution in [0, 0.1) is 20.8 Å². The molecular weight excluding hydrogens is 310 g/mol. The Hall–Kier alpha value is -1.98. The molecule has 0 radical (unpaired) electrons. The number of anilines is 1. The zero-order valence-corrected chi connectivity index (χ0v) is 14.6. The monoisotopic (exact) mass is 331 g/mol. The molecule has 0 fully saturated rings. The lowest BCUT2D eigenvalue weighted by atomic mass is 10.1. The molecule has 5 heteroatoms. The van der Waals surface area contributed by atoms with Gasteiger partial charge in [0.2, 0.25) is 0 Å². The third-order valence-electron chi connectivity index (χ3n) is 3.52. The third kappa shape index (κ3) is 4.27. The van der Waals surface area contributed by atoms with Gasteiger partial charge in [0.1, 0.15) is 12.4 Å². The van der Waals surface area contributed by atoms with Crippen molar-refractivity contribution in [1.82, 2.24) is 0 Å². The van der Waals surface area contributed by atoms with E-state index in [2.05, 4.69) is 6.07 Å². The highest BCUT2D eigenvalue weighted by Crippen LogP contribution is 2.26. The number of amides is 1. The van der Waals surface area contributed by atoms with Gasteiger partial charge in [-0.05, 0) is 44.7 Å². The van der Waals surface area contributed by atoms with Crippen molar-refractivity contribution >= 4 is 22.7 Å². The van der Waals surface area contributed by atoms with Crippen LogP contribution >= 0.6 is 11.8 Å². The van der Waals surface area contributed by atoms with Crippen LogP contribution in [-0.2, 0) is 6.61 Å². The minimum absolute atomic E-state index is 0.277. The maximum atomic E-state index is 11.7. The van der Waals surface area contributed by atoms with E-state index >= 15 is 0 Å². The number of carbonyl (C=O) groups is 1. The van der Waals surface area contributed by atoms with Crippen molar-refractivity contribution in [2.24, 2.45) is 0 Å². The molecule has 2 rings (SSSR count). The Balaban J connectivity index is 2.24. The van der Waals surface area contributed by atoms with Gasteiger partial charge in [0.25, 0.3) is 0 Å². The molecule has 0 aliphatic rings. The Morgan fingerprint density at radius 2 is 1.78 bits per heavy atom. The molecule has 122 valence electrons. The summed E-state index contributed by atoms with van der Waals surface area (Å²) in [7, 11) is 0. The van der Waals surface area contributed by atoms with Crippen LogP contribution in [0.5, 0.6) is 5.75 Å². The molecule has 0 unspecified atom stereocenters. The molecule has 0 aliphatic carbocycles. The average Bonchev–Trinajstić information content (AvgIpc) is 2.52. The second-order valence-corrected chi connectivity index (χ2v) is 6.23. The molecule has 1 N–H and O–H groups in total. The van der Waals surface area contributed by atoms with Crippen molar-refractivity contribution in [3.63, 3.8) is 0 Å². The molecule has 1 amide bonds. The number of ether oxygens (including phenoxy) is 1. The lowest BCUT2D eigenvalue weighted by molar-refractivity contribution is 0.223. The number of benzene rings is 2. The number of aryl methyl sites for hydroxylation is 3. The normalized spacial score (nSPS) is 10.5. The van der Waals surface area contributed by atoms with E-state index in [0.717, 1.165) is 34.2 Å². The van der Waals surface area contributed by atoms with Gasteiger partial charge >= 0.3 is 5.24 Å². The lowest BCUT2D eigenvalue weighted by Crippen LogP contribution is -2.24. The number of rotatable bonds is 4. The van der Waals surface area contributed by atoms with Crippen LogP contribution in [0.1, 0.15) is 22.3 Å². The molecule has 2 aromatic carbocycles. The topological polar surface area (TPSA) is 49.8 Å². The first kappa shape index (κ1) is 17.4. The van der Waals surface area contributed by atoms with Crippen LogP contribution in [0.2, 0.25) is 0 Å². The van der Waals surface area contributed by atoms with Gasteiger partial charge in [-0.15, -0.1) is 0 Å². The van der Waals surface area contributed by atoms with Gasteiger partial charge in [-0.3, -0.25) is 10.0 Å². The van der Waals surface area contributed by atoms with E-state index in [1.54, 1.807) is 12.3 Å². The van der Waals surface area contributed by atoms with Gasteiger partial charge in [0.15, 0.2) is 0 Å². The summed E-state index contributed by atoms with van der Waals surface area (Å²) in [6.07, 6.45) is 1.63. The zero-order valence-electron chi connectivity index (χ0n) is 13.8. The number of carbonyl (C=O) groups excluding carboxylic acids is 1. The molecule has 23 heavy (non-hydrogen) atoms. The van der Waals surface area contributed by atoms with Crippen molar-refractivity contribution in [2.45, 2.75) is 27.4 Å². The predicted molar refractivity (Wildman–Crippen MR) is 94.6 cm³/mol. The molecule has 0 spiro atoms. The van der Waals surface area contributed by atoms with Crippen LogP contribution in [0.25, 0.3) is 0 Å². The van der Waals surface area contributed by atoms with Gasteiger partial charge in [0, 0.05) is 5.56 Å². The Morgan fingerprint density at radius 1 is 1.13 bits per heavy atom. The summed E-state index contributed by atoms with van der Waals surface area (Å²) in [5.74, 6) is 0.795. The Labute approximate surface area is 141 Å². The first-order valence-corrected chi connectivity index (χ1v) is 8.51. The Morgan fingerprint density at radius 3 is 2.43 bits per heavy atom. The minimum atomic E-state index is -0.429. The number of thioether (sulfide) groups is 1. The maximum absolute atomic E-state index is 11.7. The fraction of sp³-hybridized carbons (Fsp3) is 0.278. The standard InChI is InChI=1S/C18H21NO3S/c1-12-6-8-17(14(3)9-12)22-11-15-10-13(2)5-7-16(15)19(21)18(20)23-4/h5-10,21H,11H2,1-4H3. The minimum Gasteiger partial charge on any atom is -0.489 e. The molecule has 0 bridgehead atoms. The van der Waals surface area contributed by atoms with Crippen molar-refractivity contribution in [2.75, 3.05) is 11.3 Å². The fourth-order valence-electron chi connectivity index (χ4n) is 2.34. The van der Waals surface area contributed by atoms with Crippen LogP contribution in [0.3, 0.4) is 0 Å². The van der Waals surface area contributed by atoms with Crippen molar-refractivity contribution in [3.05, 3.63) is 58.7 Å². The molecule has 0 aromatic heterocycles. The molecule has 0 heterocycles. The number of hydrogen-bond acceptors (Lipinski definition) is 4. The van der Waals surface area contributed by atoms with Crippen LogP contribution in [0.4, 0.5) is 10.5 Å². The van der Waals surface area contributed by atoms with Gasteiger partial charge in [-0.1, -0.05) is 47.2 Å². The highest BCUT2D eigenvalue weighted by Gasteiger charge is 2.16. The first-order valence-electron chi connectivity index (χ1n) is 7.29. The lowest BCUT2D eigenvalue weighted by Gasteiger charge is -2.19. The van der Waals surface area contributed by atoms with Crippen molar-refractivity contribution in [3.8, 4) is 5.75 Å². The summed E-state index contributed by atoms with van der Waals surface area (Å²) >= 11 is 0.955. The van der Waals surface area contributed by atoms with Crippen molar-refractivity contribution < 1.29 is 14.7 Å². The van der Waals surface area contributed by atoms with E-state index in [-0.39, 0.29) is 6.61 Å². The summed E-state index contributed by atoms with van der Waals surface area (Å²) < 4.78 is 5.88. The van der Waals surface area contributed by atoms with E-state index < -0.39 is 5.24 Å². The molecule has 2 aromatic rings. The van der Waals surface area contributed by atoms with Gasteiger partial charge < -0.3 is 4.74 Å². The Bertz CT molecular complexity index is 715. The van der Waals surface area contributed by atoms with E-state index in [4.69, 9.17) is 4.74 Å². The molecule has 0 aliphatic heterocycles. The summed E-state index contributed by atoms with van der Waals surface area (Å²) in [5, 5.41) is 10.3. The van der Waals surface area contributed by atoms with Gasteiger partial charge in [0.05, 0.1) is 5.69 Å². The van der Waals surface area contributed by atoms with Gasteiger partial charge in [-0.2, -0.15) is 5.06 Å². The summed E-state index contributed by atoms with van der Waals surface area (Å²) in [4.78, 5) is 11.7. The highest BCUT2D eigenvalue weighted by atomic mass is 32.2. The fourth-order valence-corrected chi connectivity index (χ4v) is 2.61. The average molecular weight is 331 g/mol.